The molecule has 0 radical (unpaired) electrons. The monoisotopic (exact) mass is 432 g/mol. The molecule has 1 unspecified atom stereocenters. The largest absolute Gasteiger partial charge is 0.337 e. The van der Waals surface area contributed by atoms with Crippen molar-refractivity contribution in [3.05, 3.63) is 32.1 Å². The summed E-state index contributed by atoms with van der Waals surface area (Å²) in [6.07, 6.45) is 2.03. The van der Waals surface area contributed by atoms with Crippen LogP contribution in [0.4, 0.5) is 4.39 Å². The molecule has 0 aliphatic carbocycles. The number of nitrogens with zero attached hydrogens (tertiary/aromatic N) is 1. The highest BCUT2D eigenvalue weighted by atomic mass is 127. The molecule has 1 fully saturated rings. The number of nitrogens with one attached hydrogen (secondary N) is 1. The summed E-state index contributed by atoms with van der Waals surface area (Å²) in [7, 11) is 1.77. The zero-order chi connectivity index (χ0) is 14.0. The predicted octanol–water partition coefficient (Wildman–Crippen LogP) is 3.33. The van der Waals surface area contributed by atoms with Crippen LogP contribution in [0.5, 0.6) is 0 Å². The van der Waals surface area contributed by atoms with Gasteiger partial charge in [-0.3, -0.25) is 4.79 Å². The number of likely N-dealkylation sites (N-methyl/N-ethyl adjacent to an activating group) is 1. The van der Waals surface area contributed by atoms with Crippen molar-refractivity contribution in [2.45, 2.75) is 18.9 Å². The third-order valence-electron chi connectivity index (χ3n) is 3.38. The smallest absolute Gasteiger partial charge is 0.255 e. The molecule has 20 heavy (non-hydrogen) atoms. The van der Waals surface area contributed by atoms with Crippen LogP contribution < -0.4 is 5.32 Å². The lowest BCUT2D eigenvalue weighted by Gasteiger charge is -2.32. The van der Waals surface area contributed by atoms with Gasteiger partial charge in [-0.25, -0.2) is 4.39 Å². The third-order valence-corrected chi connectivity index (χ3v) is 4.52. The molecule has 1 amide bonds. The number of rotatable bonds is 2. The van der Waals surface area contributed by atoms with E-state index in [9.17, 15) is 9.18 Å². The van der Waals surface area contributed by atoms with Gasteiger partial charge in [0.1, 0.15) is 5.82 Å². The van der Waals surface area contributed by atoms with Crippen LogP contribution in [-0.4, -0.2) is 37.0 Å². The SMILES string of the molecule is CN(C(=O)c1cc(I)c(F)cc1Cl)C1CCCNC1.Cl. The van der Waals surface area contributed by atoms with Gasteiger partial charge in [-0.05, 0) is 54.1 Å². The fourth-order valence-electron chi connectivity index (χ4n) is 2.21. The van der Waals surface area contributed by atoms with Crippen molar-refractivity contribution >= 4 is 52.5 Å². The van der Waals surface area contributed by atoms with E-state index < -0.39 is 5.82 Å². The molecule has 1 heterocycles. The van der Waals surface area contributed by atoms with Crippen molar-refractivity contribution in [3.8, 4) is 0 Å². The molecule has 0 saturated carbocycles. The second-order valence-electron chi connectivity index (χ2n) is 4.66. The molecule has 1 N–H and O–H groups in total. The number of hydrogen-bond donors (Lipinski definition) is 1. The number of halogens is 4. The molecule has 2 rings (SSSR count). The van der Waals surface area contributed by atoms with E-state index in [1.54, 1.807) is 11.9 Å². The van der Waals surface area contributed by atoms with Crippen molar-refractivity contribution in [2.75, 3.05) is 20.1 Å². The fraction of sp³-hybridized carbons (Fsp3) is 0.462. The van der Waals surface area contributed by atoms with Crippen LogP contribution in [0.2, 0.25) is 5.02 Å². The third kappa shape index (κ3) is 3.96. The summed E-state index contributed by atoms with van der Waals surface area (Å²) in [6, 6.07) is 2.87. The number of hydrogen-bond acceptors (Lipinski definition) is 2. The van der Waals surface area contributed by atoms with Gasteiger partial charge in [0.25, 0.3) is 5.91 Å². The fourth-order valence-corrected chi connectivity index (χ4v) is 2.90. The standard InChI is InChI=1S/C13H15ClFIN2O.ClH/c1-18(8-3-2-4-17-7-8)13(19)9-5-12(16)11(15)6-10(9)14;/h5-6,8,17H,2-4,7H2,1H3;1H. The molecular formula is C13H16Cl2FIN2O. The molecule has 0 aromatic heterocycles. The second kappa shape index (κ2) is 7.77. The Bertz CT molecular complexity index is 496. The van der Waals surface area contributed by atoms with Gasteiger partial charge in [0.05, 0.1) is 10.6 Å². The number of amides is 1. The molecule has 3 nitrogen and oxygen atoms in total. The van der Waals surface area contributed by atoms with Gasteiger partial charge < -0.3 is 10.2 Å². The zero-order valence-corrected chi connectivity index (χ0v) is 14.7. The summed E-state index contributed by atoms with van der Waals surface area (Å²) in [5, 5.41) is 3.43. The molecule has 0 spiro atoms. The summed E-state index contributed by atoms with van der Waals surface area (Å²) in [5.41, 5.74) is 0.362. The van der Waals surface area contributed by atoms with Crippen LogP contribution >= 0.6 is 46.6 Å². The molecule has 1 saturated heterocycles. The molecule has 1 aromatic rings. The van der Waals surface area contributed by atoms with E-state index in [2.05, 4.69) is 5.32 Å². The van der Waals surface area contributed by atoms with Gasteiger partial charge in [-0.15, -0.1) is 12.4 Å². The number of benzene rings is 1. The van der Waals surface area contributed by atoms with Crippen molar-refractivity contribution in [2.24, 2.45) is 0 Å². The molecule has 7 heteroatoms. The Morgan fingerprint density at radius 3 is 2.85 bits per heavy atom. The van der Waals surface area contributed by atoms with Gasteiger partial charge in [0.2, 0.25) is 0 Å². The van der Waals surface area contributed by atoms with Crippen LogP contribution in [0.3, 0.4) is 0 Å². The maximum atomic E-state index is 13.4. The van der Waals surface area contributed by atoms with E-state index in [0.29, 0.717) is 9.13 Å². The van der Waals surface area contributed by atoms with Crippen molar-refractivity contribution in [1.29, 1.82) is 0 Å². The first kappa shape index (κ1) is 17.9. The molecular weight excluding hydrogens is 417 g/mol. The molecule has 1 aromatic carbocycles. The van der Waals surface area contributed by atoms with Crippen molar-refractivity contribution < 1.29 is 9.18 Å². The van der Waals surface area contributed by atoms with E-state index in [0.717, 1.165) is 25.9 Å². The minimum Gasteiger partial charge on any atom is -0.337 e. The normalized spacial score (nSPS) is 18.3. The number of carbonyl (C=O) groups excluding carboxylic acids is 1. The highest BCUT2D eigenvalue weighted by molar-refractivity contribution is 14.1. The molecule has 0 bridgehead atoms. The zero-order valence-electron chi connectivity index (χ0n) is 11.0. The van der Waals surface area contributed by atoms with Gasteiger partial charge >= 0.3 is 0 Å². The molecule has 112 valence electrons. The Morgan fingerprint density at radius 2 is 2.25 bits per heavy atom. The Morgan fingerprint density at radius 1 is 1.55 bits per heavy atom. The summed E-state index contributed by atoms with van der Waals surface area (Å²) in [6.45, 7) is 1.78. The van der Waals surface area contributed by atoms with Crippen LogP contribution in [0.1, 0.15) is 23.2 Å². The van der Waals surface area contributed by atoms with Gasteiger partial charge in [0, 0.05) is 23.2 Å². The summed E-state index contributed by atoms with van der Waals surface area (Å²) in [5.74, 6) is -0.555. The Hall–Kier alpha value is -0.110. The second-order valence-corrected chi connectivity index (χ2v) is 6.23. The number of piperidine rings is 1. The lowest BCUT2D eigenvalue weighted by molar-refractivity contribution is 0.0708. The van der Waals surface area contributed by atoms with E-state index in [-0.39, 0.29) is 29.4 Å². The molecule has 1 aliphatic heterocycles. The topological polar surface area (TPSA) is 32.3 Å². The van der Waals surface area contributed by atoms with Gasteiger partial charge in [-0.2, -0.15) is 0 Å². The average molecular weight is 433 g/mol. The molecule has 1 atom stereocenters. The summed E-state index contributed by atoms with van der Waals surface area (Å²) < 4.78 is 13.8. The Kier molecular flexibility index (Phi) is 6.97. The van der Waals surface area contributed by atoms with Crippen LogP contribution in [0, 0.1) is 9.39 Å². The van der Waals surface area contributed by atoms with Gasteiger partial charge in [0.15, 0.2) is 0 Å². The van der Waals surface area contributed by atoms with Crippen LogP contribution in [0.15, 0.2) is 12.1 Å². The minimum atomic E-state index is -0.399. The van der Waals surface area contributed by atoms with Crippen molar-refractivity contribution in [1.82, 2.24) is 10.2 Å². The first-order valence-electron chi connectivity index (χ1n) is 6.13. The highest BCUT2D eigenvalue weighted by Gasteiger charge is 2.24. The predicted molar refractivity (Wildman–Crippen MR) is 89.4 cm³/mol. The van der Waals surface area contributed by atoms with E-state index in [1.165, 1.54) is 12.1 Å². The molecule has 1 aliphatic rings. The first-order valence-corrected chi connectivity index (χ1v) is 7.59. The van der Waals surface area contributed by atoms with Crippen LogP contribution in [-0.2, 0) is 0 Å². The van der Waals surface area contributed by atoms with Crippen LogP contribution in [0.25, 0.3) is 0 Å². The quantitative estimate of drug-likeness (QED) is 0.574. The first-order chi connectivity index (χ1) is 9.00. The van der Waals surface area contributed by atoms with E-state index in [1.807, 2.05) is 22.6 Å². The van der Waals surface area contributed by atoms with E-state index in [4.69, 9.17) is 11.6 Å². The highest BCUT2D eigenvalue weighted by Crippen LogP contribution is 2.24. The minimum absolute atomic E-state index is 0. The lowest BCUT2D eigenvalue weighted by Crippen LogP contribution is -2.46. The Labute approximate surface area is 142 Å². The maximum Gasteiger partial charge on any atom is 0.255 e. The summed E-state index contributed by atoms with van der Waals surface area (Å²) >= 11 is 7.83. The lowest BCUT2D eigenvalue weighted by atomic mass is 10.1. The van der Waals surface area contributed by atoms with Gasteiger partial charge in [-0.1, -0.05) is 11.6 Å². The van der Waals surface area contributed by atoms with Crippen molar-refractivity contribution in [3.63, 3.8) is 0 Å². The van der Waals surface area contributed by atoms with E-state index >= 15 is 0 Å². The summed E-state index contributed by atoms with van der Waals surface area (Å²) in [4.78, 5) is 14.1. The Balaban J connectivity index is 0.00000200. The average Bonchev–Trinajstić information content (AvgIpc) is 2.42. The maximum absolute atomic E-state index is 13.4. The number of carbonyl (C=O) groups is 1.